The van der Waals surface area contributed by atoms with Crippen molar-refractivity contribution in [2.24, 2.45) is 5.73 Å². The van der Waals surface area contributed by atoms with Crippen molar-refractivity contribution in [3.05, 3.63) is 29.8 Å². The highest BCUT2D eigenvalue weighted by Crippen LogP contribution is 2.13. The average Bonchev–Trinajstić information content (AvgIpc) is 2.41. The number of anilines is 1. The molecule has 3 N–H and O–H groups in total. The Kier molecular flexibility index (Phi) is 7.91. The second-order valence-corrected chi connectivity index (χ2v) is 4.95. The zero-order valence-corrected chi connectivity index (χ0v) is 12.0. The predicted molar refractivity (Wildman–Crippen MR) is 81.2 cm³/mol. The molecule has 0 saturated heterocycles. The smallest absolute Gasteiger partial charge is 0.224 e. The van der Waals surface area contributed by atoms with Crippen molar-refractivity contribution in [2.75, 3.05) is 11.9 Å². The number of amides is 1. The summed E-state index contributed by atoms with van der Waals surface area (Å²) in [6.45, 7) is 2.86. The van der Waals surface area contributed by atoms with E-state index in [1.807, 2.05) is 12.1 Å². The van der Waals surface area contributed by atoms with Crippen molar-refractivity contribution in [3.63, 3.8) is 0 Å². The van der Waals surface area contributed by atoms with Gasteiger partial charge in [0.05, 0.1) is 0 Å². The number of hydrogen-bond donors (Lipinski definition) is 2. The molecule has 0 bridgehead atoms. The molecule has 0 fully saturated rings. The SMILES string of the molecule is CCCCCc1ccc(NC(=O)CCCCN)cc1. The lowest BCUT2D eigenvalue weighted by Crippen LogP contribution is -2.11. The van der Waals surface area contributed by atoms with Crippen molar-refractivity contribution in [1.82, 2.24) is 0 Å². The van der Waals surface area contributed by atoms with Crippen LogP contribution in [0.3, 0.4) is 0 Å². The molecular weight excluding hydrogens is 236 g/mol. The Morgan fingerprint density at radius 2 is 1.84 bits per heavy atom. The third-order valence-corrected chi connectivity index (χ3v) is 3.16. The summed E-state index contributed by atoms with van der Waals surface area (Å²) in [6.07, 6.45) is 7.20. The van der Waals surface area contributed by atoms with Crippen LogP contribution in [-0.2, 0) is 11.2 Å². The van der Waals surface area contributed by atoms with Crippen molar-refractivity contribution in [2.45, 2.75) is 51.9 Å². The standard InChI is InChI=1S/C16H26N2O/c1-2-3-4-7-14-9-11-15(12-10-14)18-16(19)8-5-6-13-17/h9-12H,2-8,13,17H2,1H3,(H,18,19). The predicted octanol–water partition coefficient (Wildman–Crippen LogP) is 3.49. The van der Waals surface area contributed by atoms with Crippen molar-refractivity contribution < 1.29 is 4.79 Å². The van der Waals surface area contributed by atoms with Crippen LogP contribution in [0.2, 0.25) is 0 Å². The molecule has 106 valence electrons. The Hall–Kier alpha value is -1.35. The number of rotatable bonds is 9. The van der Waals surface area contributed by atoms with Crippen LogP contribution in [0.5, 0.6) is 0 Å². The first-order valence-corrected chi connectivity index (χ1v) is 7.35. The highest BCUT2D eigenvalue weighted by Gasteiger charge is 2.02. The molecule has 0 saturated carbocycles. The minimum atomic E-state index is 0.0761. The number of aryl methyl sites for hydroxylation is 1. The van der Waals surface area contributed by atoms with E-state index in [1.165, 1.54) is 24.8 Å². The molecule has 0 aromatic heterocycles. The van der Waals surface area contributed by atoms with E-state index >= 15 is 0 Å². The molecule has 0 spiro atoms. The first kappa shape index (κ1) is 15.7. The molecule has 0 unspecified atom stereocenters. The average molecular weight is 262 g/mol. The van der Waals surface area contributed by atoms with E-state index in [4.69, 9.17) is 5.73 Å². The highest BCUT2D eigenvalue weighted by molar-refractivity contribution is 5.90. The van der Waals surface area contributed by atoms with E-state index in [0.29, 0.717) is 13.0 Å². The van der Waals surface area contributed by atoms with Crippen molar-refractivity contribution in [3.8, 4) is 0 Å². The summed E-state index contributed by atoms with van der Waals surface area (Å²) in [7, 11) is 0. The largest absolute Gasteiger partial charge is 0.330 e. The van der Waals surface area contributed by atoms with Gasteiger partial charge in [-0.2, -0.15) is 0 Å². The maximum absolute atomic E-state index is 11.6. The first-order chi connectivity index (χ1) is 9.26. The van der Waals surface area contributed by atoms with Gasteiger partial charge in [-0.25, -0.2) is 0 Å². The Bertz CT molecular complexity index is 360. The van der Waals surface area contributed by atoms with Gasteiger partial charge in [0.25, 0.3) is 0 Å². The van der Waals surface area contributed by atoms with E-state index < -0.39 is 0 Å². The van der Waals surface area contributed by atoms with Gasteiger partial charge >= 0.3 is 0 Å². The topological polar surface area (TPSA) is 55.1 Å². The summed E-state index contributed by atoms with van der Waals surface area (Å²) in [5.41, 5.74) is 7.63. The summed E-state index contributed by atoms with van der Waals surface area (Å²) < 4.78 is 0. The molecule has 1 aromatic carbocycles. The number of hydrogen-bond acceptors (Lipinski definition) is 2. The third-order valence-electron chi connectivity index (χ3n) is 3.16. The molecule has 0 atom stereocenters. The number of nitrogens with one attached hydrogen (secondary N) is 1. The zero-order chi connectivity index (χ0) is 13.9. The Balaban J connectivity index is 2.32. The molecule has 0 aliphatic rings. The quantitative estimate of drug-likeness (QED) is 0.669. The van der Waals surface area contributed by atoms with E-state index in [2.05, 4.69) is 24.4 Å². The van der Waals surface area contributed by atoms with Gasteiger partial charge in [0.2, 0.25) is 5.91 Å². The van der Waals surface area contributed by atoms with Gasteiger partial charge < -0.3 is 11.1 Å². The molecule has 1 amide bonds. The normalized spacial score (nSPS) is 10.4. The summed E-state index contributed by atoms with van der Waals surface area (Å²) in [6, 6.07) is 8.18. The monoisotopic (exact) mass is 262 g/mol. The molecule has 0 heterocycles. The van der Waals surface area contributed by atoms with Crippen molar-refractivity contribution in [1.29, 1.82) is 0 Å². The van der Waals surface area contributed by atoms with Gasteiger partial charge in [0.1, 0.15) is 0 Å². The lowest BCUT2D eigenvalue weighted by Gasteiger charge is -2.06. The number of benzene rings is 1. The minimum Gasteiger partial charge on any atom is -0.330 e. The second-order valence-electron chi connectivity index (χ2n) is 4.95. The third kappa shape index (κ3) is 6.97. The van der Waals surface area contributed by atoms with Crippen LogP contribution in [0, 0.1) is 0 Å². The molecule has 19 heavy (non-hydrogen) atoms. The molecule has 0 aliphatic heterocycles. The maximum Gasteiger partial charge on any atom is 0.224 e. The molecule has 0 aliphatic carbocycles. The molecule has 1 aromatic rings. The fourth-order valence-electron chi connectivity index (χ4n) is 1.99. The lowest BCUT2D eigenvalue weighted by atomic mass is 10.1. The van der Waals surface area contributed by atoms with Gasteiger partial charge in [-0.05, 0) is 49.9 Å². The van der Waals surface area contributed by atoms with Gasteiger partial charge in [-0.3, -0.25) is 4.79 Å². The van der Waals surface area contributed by atoms with E-state index in [1.54, 1.807) is 0 Å². The molecule has 1 rings (SSSR count). The van der Waals surface area contributed by atoms with Crippen LogP contribution in [0.25, 0.3) is 0 Å². The number of unbranched alkanes of at least 4 members (excludes halogenated alkanes) is 3. The van der Waals surface area contributed by atoms with Crippen LogP contribution < -0.4 is 11.1 Å². The van der Waals surface area contributed by atoms with Crippen LogP contribution in [0.4, 0.5) is 5.69 Å². The van der Waals surface area contributed by atoms with Crippen LogP contribution in [0.15, 0.2) is 24.3 Å². The van der Waals surface area contributed by atoms with Crippen molar-refractivity contribution >= 4 is 11.6 Å². The summed E-state index contributed by atoms with van der Waals surface area (Å²) in [4.78, 5) is 11.6. The molecule has 3 heteroatoms. The highest BCUT2D eigenvalue weighted by atomic mass is 16.1. The lowest BCUT2D eigenvalue weighted by molar-refractivity contribution is -0.116. The summed E-state index contributed by atoms with van der Waals surface area (Å²) in [5.74, 6) is 0.0761. The first-order valence-electron chi connectivity index (χ1n) is 7.35. The number of carbonyl (C=O) groups is 1. The second kappa shape index (κ2) is 9.56. The minimum absolute atomic E-state index is 0.0761. The zero-order valence-electron chi connectivity index (χ0n) is 12.0. The van der Waals surface area contributed by atoms with E-state index in [-0.39, 0.29) is 5.91 Å². The summed E-state index contributed by atoms with van der Waals surface area (Å²) in [5, 5.41) is 2.92. The van der Waals surface area contributed by atoms with E-state index in [0.717, 1.165) is 24.9 Å². The number of carbonyl (C=O) groups excluding carboxylic acids is 1. The molecular formula is C16H26N2O. The number of nitrogens with two attached hydrogens (primary N) is 1. The fourth-order valence-corrected chi connectivity index (χ4v) is 1.99. The van der Waals surface area contributed by atoms with Gasteiger partial charge in [0, 0.05) is 12.1 Å². The van der Waals surface area contributed by atoms with Gasteiger partial charge in [-0.1, -0.05) is 31.9 Å². The van der Waals surface area contributed by atoms with Crippen LogP contribution in [-0.4, -0.2) is 12.5 Å². The van der Waals surface area contributed by atoms with Gasteiger partial charge in [0.15, 0.2) is 0 Å². The van der Waals surface area contributed by atoms with Crippen LogP contribution in [0.1, 0.15) is 51.0 Å². The summed E-state index contributed by atoms with van der Waals surface area (Å²) >= 11 is 0. The van der Waals surface area contributed by atoms with Crippen LogP contribution >= 0.6 is 0 Å². The van der Waals surface area contributed by atoms with E-state index in [9.17, 15) is 4.79 Å². The fraction of sp³-hybridized carbons (Fsp3) is 0.562. The molecule has 3 nitrogen and oxygen atoms in total. The Labute approximate surface area is 116 Å². The van der Waals surface area contributed by atoms with Gasteiger partial charge in [-0.15, -0.1) is 0 Å². The Morgan fingerprint density at radius 1 is 1.11 bits per heavy atom. The Morgan fingerprint density at radius 3 is 2.47 bits per heavy atom. The maximum atomic E-state index is 11.6. The molecule has 0 radical (unpaired) electrons.